The Balaban J connectivity index is 1.72. The second-order valence-corrected chi connectivity index (χ2v) is 5.26. The Morgan fingerprint density at radius 3 is 2.95 bits per heavy atom. The molecule has 0 N–H and O–H groups in total. The van der Waals surface area contributed by atoms with E-state index in [9.17, 15) is 0 Å². The first-order chi connectivity index (χ1) is 9.72. The van der Waals surface area contributed by atoms with E-state index in [0.717, 1.165) is 5.56 Å². The Morgan fingerprint density at radius 2 is 2.20 bits per heavy atom. The summed E-state index contributed by atoms with van der Waals surface area (Å²) in [6.45, 7) is 0. The Morgan fingerprint density at radius 1 is 1.30 bits per heavy atom. The molecule has 0 radical (unpaired) electrons. The number of hydrogen-bond acceptors (Lipinski definition) is 7. The van der Waals surface area contributed by atoms with Gasteiger partial charge in [0.05, 0.1) is 5.75 Å². The van der Waals surface area contributed by atoms with E-state index in [1.54, 1.807) is 23.9 Å². The molecule has 0 unspecified atom stereocenters. The van der Waals surface area contributed by atoms with Crippen LogP contribution >= 0.6 is 23.4 Å². The number of aryl methyl sites for hydroxylation is 1. The van der Waals surface area contributed by atoms with Crippen LogP contribution in [0.2, 0.25) is 5.02 Å². The largest absolute Gasteiger partial charge is 0.420 e. The van der Waals surface area contributed by atoms with E-state index in [1.807, 2.05) is 12.1 Å². The Bertz CT molecular complexity index is 727. The van der Waals surface area contributed by atoms with Crippen LogP contribution in [0, 0.1) is 0 Å². The summed E-state index contributed by atoms with van der Waals surface area (Å²) in [6, 6.07) is 7.27. The third kappa shape index (κ3) is 2.81. The van der Waals surface area contributed by atoms with Crippen LogP contribution in [0.1, 0.15) is 5.89 Å². The highest BCUT2D eigenvalue weighted by Gasteiger charge is 2.11. The number of benzene rings is 1. The summed E-state index contributed by atoms with van der Waals surface area (Å²) in [7, 11) is 1.77. The van der Waals surface area contributed by atoms with Crippen molar-refractivity contribution in [2.24, 2.45) is 7.05 Å². The first kappa shape index (κ1) is 13.1. The number of nitrogens with zero attached hydrogens (tertiary/aromatic N) is 6. The molecule has 0 bridgehead atoms. The SMILES string of the molecule is Cn1nnnc1SCc1nnc(-c2cccc(Cl)c2)o1. The minimum Gasteiger partial charge on any atom is -0.420 e. The third-order valence-electron chi connectivity index (χ3n) is 2.44. The number of aromatic nitrogens is 6. The van der Waals surface area contributed by atoms with Crippen molar-refractivity contribution in [2.75, 3.05) is 0 Å². The molecule has 3 aromatic rings. The summed E-state index contributed by atoms with van der Waals surface area (Å²) in [4.78, 5) is 0. The highest BCUT2D eigenvalue weighted by Crippen LogP contribution is 2.24. The van der Waals surface area contributed by atoms with Crippen LogP contribution < -0.4 is 0 Å². The van der Waals surface area contributed by atoms with Gasteiger partial charge >= 0.3 is 0 Å². The van der Waals surface area contributed by atoms with Crippen LogP contribution in [-0.2, 0) is 12.8 Å². The van der Waals surface area contributed by atoms with Gasteiger partial charge in [-0.2, -0.15) is 0 Å². The van der Waals surface area contributed by atoms with Crippen molar-refractivity contribution in [3.63, 3.8) is 0 Å². The minimum absolute atomic E-state index is 0.444. The molecule has 3 rings (SSSR count). The van der Waals surface area contributed by atoms with E-state index in [1.165, 1.54) is 11.8 Å². The van der Waals surface area contributed by atoms with Crippen molar-refractivity contribution in [3.05, 3.63) is 35.2 Å². The van der Waals surface area contributed by atoms with Crippen LogP contribution in [0.15, 0.2) is 33.8 Å². The van der Waals surface area contributed by atoms with Gasteiger partial charge in [0.2, 0.25) is 16.9 Å². The van der Waals surface area contributed by atoms with Gasteiger partial charge in [-0.25, -0.2) is 4.68 Å². The summed E-state index contributed by atoms with van der Waals surface area (Å²) in [6.07, 6.45) is 0. The summed E-state index contributed by atoms with van der Waals surface area (Å²) in [5.74, 6) is 1.45. The molecule has 102 valence electrons. The van der Waals surface area contributed by atoms with Crippen molar-refractivity contribution in [1.82, 2.24) is 30.4 Å². The minimum atomic E-state index is 0.444. The first-order valence-corrected chi connectivity index (χ1v) is 7.02. The van der Waals surface area contributed by atoms with E-state index >= 15 is 0 Å². The number of tetrazole rings is 1. The highest BCUT2D eigenvalue weighted by atomic mass is 35.5. The van der Waals surface area contributed by atoms with Gasteiger partial charge in [-0.15, -0.1) is 15.3 Å². The molecule has 0 aliphatic rings. The lowest BCUT2D eigenvalue weighted by molar-refractivity contribution is 0.528. The third-order valence-corrected chi connectivity index (χ3v) is 3.67. The van der Waals surface area contributed by atoms with Crippen molar-refractivity contribution >= 4 is 23.4 Å². The summed E-state index contributed by atoms with van der Waals surface area (Å²) < 4.78 is 7.17. The predicted molar refractivity (Wildman–Crippen MR) is 73.1 cm³/mol. The van der Waals surface area contributed by atoms with Gasteiger partial charge in [0.15, 0.2) is 0 Å². The number of halogens is 1. The number of hydrogen-bond donors (Lipinski definition) is 0. The lowest BCUT2D eigenvalue weighted by atomic mass is 10.2. The Kier molecular flexibility index (Phi) is 3.66. The maximum Gasteiger partial charge on any atom is 0.247 e. The van der Waals surface area contributed by atoms with Crippen molar-refractivity contribution in [2.45, 2.75) is 10.9 Å². The van der Waals surface area contributed by atoms with E-state index in [2.05, 4.69) is 25.7 Å². The standard InChI is InChI=1S/C11H9ClN6OS/c1-18-11(15-16-17-18)20-6-9-13-14-10(19-9)7-3-2-4-8(12)5-7/h2-5H,6H2,1H3. The molecule has 0 saturated carbocycles. The molecular formula is C11H9ClN6OS. The molecule has 0 fully saturated rings. The zero-order chi connectivity index (χ0) is 13.9. The van der Waals surface area contributed by atoms with Crippen molar-refractivity contribution in [1.29, 1.82) is 0 Å². The molecule has 0 amide bonds. The number of thioether (sulfide) groups is 1. The van der Waals surface area contributed by atoms with E-state index in [-0.39, 0.29) is 0 Å². The molecule has 0 aliphatic heterocycles. The van der Waals surface area contributed by atoms with Gasteiger partial charge in [-0.05, 0) is 28.6 Å². The van der Waals surface area contributed by atoms with Crippen LogP contribution in [0.25, 0.3) is 11.5 Å². The predicted octanol–water partition coefficient (Wildman–Crippen LogP) is 2.21. The summed E-state index contributed by atoms with van der Waals surface area (Å²) in [5.41, 5.74) is 0.793. The first-order valence-electron chi connectivity index (χ1n) is 5.66. The molecule has 7 nitrogen and oxygen atoms in total. The molecule has 20 heavy (non-hydrogen) atoms. The quantitative estimate of drug-likeness (QED) is 0.683. The smallest absolute Gasteiger partial charge is 0.247 e. The molecule has 2 heterocycles. The molecule has 9 heteroatoms. The zero-order valence-corrected chi connectivity index (χ0v) is 12.0. The van der Waals surface area contributed by atoms with Gasteiger partial charge < -0.3 is 4.42 Å². The molecule has 0 aliphatic carbocycles. The Hall–Kier alpha value is -1.93. The van der Waals surface area contributed by atoms with Gasteiger partial charge in [0.25, 0.3) is 0 Å². The average Bonchev–Trinajstić information content (AvgIpc) is 3.05. The monoisotopic (exact) mass is 308 g/mol. The summed E-state index contributed by atoms with van der Waals surface area (Å²) >= 11 is 7.35. The van der Waals surface area contributed by atoms with Crippen molar-refractivity contribution < 1.29 is 4.42 Å². The van der Waals surface area contributed by atoms with Gasteiger partial charge in [0, 0.05) is 17.6 Å². The maximum absolute atomic E-state index is 5.93. The van der Waals surface area contributed by atoms with Crippen LogP contribution in [-0.4, -0.2) is 30.4 Å². The lowest BCUT2D eigenvalue weighted by Gasteiger charge is -1.96. The van der Waals surface area contributed by atoms with E-state index < -0.39 is 0 Å². The van der Waals surface area contributed by atoms with E-state index in [4.69, 9.17) is 16.0 Å². The van der Waals surface area contributed by atoms with E-state index in [0.29, 0.717) is 27.7 Å². The molecule has 0 saturated heterocycles. The van der Waals surface area contributed by atoms with Crippen LogP contribution in [0.3, 0.4) is 0 Å². The lowest BCUT2D eigenvalue weighted by Crippen LogP contribution is -1.93. The average molecular weight is 309 g/mol. The van der Waals surface area contributed by atoms with Gasteiger partial charge in [0.1, 0.15) is 0 Å². The fourth-order valence-corrected chi connectivity index (χ4v) is 2.40. The van der Waals surface area contributed by atoms with Crippen LogP contribution in [0.4, 0.5) is 0 Å². The van der Waals surface area contributed by atoms with Gasteiger partial charge in [-0.3, -0.25) is 0 Å². The fraction of sp³-hybridized carbons (Fsp3) is 0.182. The molecule has 1 aromatic carbocycles. The van der Waals surface area contributed by atoms with Gasteiger partial charge in [-0.1, -0.05) is 29.4 Å². The van der Waals surface area contributed by atoms with Crippen LogP contribution in [0.5, 0.6) is 0 Å². The summed E-state index contributed by atoms with van der Waals surface area (Å²) in [5, 5.41) is 20.5. The molecule has 2 aromatic heterocycles. The fourth-order valence-electron chi connectivity index (χ4n) is 1.52. The second kappa shape index (κ2) is 5.59. The molecular weight excluding hydrogens is 300 g/mol. The molecule has 0 atom stereocenters. The maximum atomic E-state index is 5.93. The normalized spacial score (nSPS) is 10.9. The second-order valence-electron chi connectivity index (χ2n) is 3.89. The van der Waals surface area contributed by atoms with Crippen molar-refractivity contribution in [3.8, 4) is 11.5 Å². The zero-order valence-electron chi connectivity index (χ0n) is 10.4. The topological polar surface area (TPSA) is 82.5 Å². The number of rotatable bonds is 4. The highest BCUT2D eigenvalue weighted by molar-refractivity contribution is 7.98. The Labute approximate surface area is 123 Å². The molecule has 0 spiro atoms.